The SMILES string of the molecule is C1=NN(Oc2ccc(-c3ccc(OCC4CO4)cc3)cc2)NC(Oc2ccc(-c3ccc(OCC4CO4)cc3)cc2)=C1. The van der Waals surface area contributed by atoms with Crippen molar-refractivity contribution in [2.75, 3.05) is 26.4 Å². The van der Waals surface area contributed by atoms with E-state index >= 15 is 0 Å². The molecule has 4 aromatic carbocycles. The maximum absolute atomic E-state index is 6.00. The Hall–Kier alpha value is -4.99. The van der Waals surface area contributed by atoms with Crippen LogP contribution < -0.4 is 24.5 Å². The lowest BCUT2D eigenvalue weighted by Crippen LogP contribution is -2.39. The lowest BCUT2D eigenvalue weighted by Gasteiger charge is -2.23. The predicted molar refractivity (Wildman–Crippen MR) is 157 cm³/mol. The number of rotatable bonds is 12. The highest BCUT2D eigenvalue weighted by molar-refractivity contribution is 5.72. The third-order valence-corrected chi connectivity index (χ3v) is 6.78. The van der Waals surface area contributed by atoms with Gasteiger partial charge in [0.1, 0.15) is 42.7 Å². The standard InChI is InChI=1S/C33H29N3O6/c1-9-27(37-19-31-21-39-31)10-2-23(1)25-5-13-29(14-6-25)41-33-17-18-34-36(35-33)42-30-15-7-26(8-16-30)24-3-11-28(12-4-24)38-20-32-22-40-32/h1-18,31-32,35H,19-22H2. The Balaban J connectivity index is 0.902. The van der Waals surface area contributed by atoms with Crippen molar-refractivity contribution >= 4 is 6.21 Å². The van der Waals surface area contributed by atoms with Crippen molar-refractivity contribution in [1.82, 2.24) is 10.7 Å². The maximum Gasteiger partial charge on any atom is 0.217 e. The monoisotopic (exact) mass is 563 g/mol. The van der Waals surface area contributed by atoms with Gasteiger partial charge in [-0.25, -0.2) is 5.43 Å². The summed E-state index contributed by atoms with van der Waals surface area (Å²) in [6, 6.07) is 31.7. The van der Waals surface area contributed by atoms with Crippen LogP contribution in [0.15, 0.2) is 114 Å². The van der Waals surface area contributed by atoms with Crippen LogP contribution in [0.5, 0.6) is 23.0 Å². The summed E-state index contributed by atoms with van der Waals surface area (Å²) < 4.78 is 27.8. The molecular formula is C33H29N3O6. The van der Waals surface area contributed by atoms with Gasteiger partial charge in [-0.3, -0.25) is 0 Å². The number of nitrogens with one attached hydrogen (secondary N) is 1. The van der Waals surface area contributed by atoms with E-state index in [0.717, 1.165) is 47.0 Å². The molecule has 2 saturated heterocycles. The normalized spacial score (nSPS) is 18.5. The molecule has 3 heterocycles. The van der Waals surface area contributed by atoms with Crippen LogP contribution >= 0.6 is 0 Å². The summed E-state index contributed by atoms with van der Waals surface area (Å²) in [4.78, 5) is 5.87. The Labute approximate surface area is 243 Å². The maximum atomic E-state index is 6.00. The first-order chi connectivity index (χ1) is 20.7. The van der Waals surface area contributed by atoms with Crippen molar-refractivity contribution in [2.45, 2.75) is 12.2 Å². The molecule has 0 bridgehead atoms. The molecule has 2 fully saturated rings. The number of allylic oxidation sites excluding steroid dienone is 1. The Morgan fingerprint density at radius 2 is 1.05 bits per heavy atom. The van der Waals surface area contributed by atoms with E-state index in [0.29, 0.717) is 30.6 Å². The number of hydrazone groups is 1. The number of benzene rings is 4. The van der Waals surface area contributed by atoms with Crippen LogP contribution in [0, 0.1) is 0 Å². The van der Waals surface area contributed by atoms with Gasteiger partial charge in [-0.1, -0.05) is 48.5 Å². The van der Waals surface area contributed by atoms with Gasteiger partial charge < -0.3 is 28.5 Å². The summed E-state index contributed by atoms with van der Waals surface area (Å²) in [5.74, 6) is 3.45. The zero-order valence-corrected chi connectivity index (χ0v) is 22.7. The van der Waals surface area contributed by atoms with Gasteiger partial charge in [0, 0.05) is 6.08 Å². The number of hydrogen-bond donors (Lipinski definition) is 1. The van der Waals surface area contributed by atoms with Crippen LogP contribution in [0.2, 0.25) is 0 Å². The smallest absolute Gasteiger partial charge is 0.217 e. The largest absolute Gasteiger partial charge is 0.491 e. The van der Waals surface area contributed by atoms with Crippen molar-refractivity contribution in [1.29, 1.82) is 0 Å². The summed E-state index contributed by atoms with van der Waals surface area (Å²) in [6.45, 7) is 2.76. The summed E-state index contributed by atoms with van der Waals surface area (Å²) in [7, 11) is 0. The predicted octanol–water partition coefficient (Wildman–Crippen LogP) is 5.60. The fourth-order valence-electron chi connectivity index (χ4n) is 4.27. The van der Waals surface area contributed by atoms with Gasteiger partial charge in [-0.05, 0) is 76.1 Å². The molecule has 3 aliphatic heterocycles. The van der Waals surface area contributed by atoms with E-state index < -0.39 is 0 Å². The van der Waals surface area contributed by atoms with Crippen molar-refractivity contribution in [3.05, 3.63) is 109 Å². The number of ether oxygens (including phenoxy) is 5. The summed E-state index contributed by atoms with van der Waals surface area (Å²) in [6.07, 6.45) is 3.81. The zero-order chi connectivity index (χ0) is 28.1. The molecule has 3 aliphatic rings. The van der Waals surface area contributed by atoms with E-state index in [1.54, 1.807) is 12.3 Å². The van der Waals surface area contributed by atoms with Crippen LogP contribution in [-0.2, 0) is 9.47 Å². The highest BCUT2D eigenvalue weighted by Gasteiger charge is 2.23. The molecule has 2 atom stereocenters. The second-order valence-corrected chi connectivity index (χ2v) is 10.0. The molecule has 4 aromatic rings. The lowest BCUT2D eigenvalue weighted by molar-refractivity contribution is -0.104. The fourth-order valence-corrected chi connectivity index (χ4v) is 4.27. The second-order valence-electron chi connectivity index (χ2n) is 10.0. The van der Waals surface area contributed by atoms with Gasteiger partial charge in [0.05, 0.1) is 19.4 Å². The minimum Gasteiger partial charge on any atom is -0.491 e. The first-order valence-corrected chi connectivity index (χ1v) is 13.8. The van der Waals surface area contributed by atoms with Gasteiger partial charge in [0.25, 0.3) is 0 Å². The van der Waals surface area contributed by atoms with E-state index in [9.17, 15) is 0 Å². The topological polar surface area (TPSA) is 89.6 Å². The molecule has 0 saturated carbocycles. The Kier molecular flexibility index (Phi) is 7.32. The van der Waals surface area contributed by atoms with E-state index in [-0.39, 0.29) is 12.2 Å². The van der Waals surface area contributed by atoms with E-state index in [1.165, 1.54) is 5.28 Å². The Morgan fingerprint density at radius 3 is 1.50 bits per heavy atom. The van der Waals surface area contributed by atoms with Crippen LogP contribution in [0.3, 0.4) is 0 Å². The van der Waals surface area contributed by atoms with Crippen LogP contribution in [0.1, 0.15) is 0 Å². The third-order valence-electron chi connectivity index (χ3n) is 6.78. The third kappa shape index (κ3) is 6.83. The van der Waals surface area contributed by atoms with Crippen molar-refractivity contribution in [3.8, 4) is 45.3 Å². The number of hydrazine groups is 1. The van der Waals surface area contributed by atoms with Crippen molar-refractivity contribution < 1.29 is 28.5 Å². The number of hydrogen-bond acceptors (Lipinski definition) is 9. The van der Waals surface area contributed by atoms with Gasteiger partial charge in [-0.15, -0.1) is 5.10 Å². The van der Waals surface area contributed by atoms with Crippen molar-refractivity contribution in [3.63, 3.8) is 0 Å². The molecule has 1 N–H and O–H groups in total. The van der Waals surface area contributed by atoms with Crippen LogP contribution in [0.4, 0.5) is 0 Å². The molecule has 212 valence electrons. The Morgan fingerprint density at radius 1 is 0.619 bits per heavy atom. The van der Waals surface area contributed by atoms with Crippen LogP contribution in [0.25, 0.3) is 22.3 Å². The molecule has 2 unspecified atom stereocenters. The van der Waals surface area contributed by atoms with Gasteiger partial charge >= 0.3 is 0 Å². The molecule has 0 radical (unpaired) electrons. The Bertz CT molecular complexity index is 1550. The number of nitrogens with zero attached hydrogens (tertiary/aromatic N) is 2. The van der Waals surface area contributed by atoms with Crippen LogP contribution in [-0.4, -0.2) is 50.1 Å². The molecular weight excluding hydrogens is 534 g/mol. The molecule has 0 aromatic heterocycles. The van der Waals surface area contributed by atoms with Gasteiger partial charge in [0.2, 0.25) is 5.88 Å². The minimum absolute atomic E-state index is 0.240. The van der Waals surface area contributed by atoms with E-state index in [2.05, 4.69) is 10.5 Å². The highest BCUT2D eigenvalue weighted by atomic mass is 16.7. The molecule has 9 nitrogen and oxygen atoms in total. The molecule has 9 heteroatoms. The molecule has 42 heavy (non-hydrogen) atoms. The highest BCUT2D eigenvalue weighted by Crippen LogP contribution is 2.27. The lowest BCUT2D eigenvalue weighted by atomic mass is 10.1. The summed E-state index contributed by atoms with van der Waals surface area (Å²) >= 11 is 0. The molecule has 7 rings (SSSR count). The minimum atomic E-state index is 0.240. The first kappa shape index (κ1) is 25.9. The molecule has 0 spiro atoms. The first-order valence-electron chi connectivity index (χ1n) is 13.8. The van der Waals surface area contributed by atoms with E-state index in [4.69, 9.17) is 28.5 Å². The van der Waals surface area contributed by atoms with Crippen molar-refractivity contribution in [2.24, 2.45) is 5.10 Å². The van der Waals surface area contributed by atoms with Gasteiger partial charge in [0.15, 0.2) is 5.75 Å². The van der Waals surface area contributed by atoms with E-state index in [1.807, 2.05) is 97.1 Å². The number of epoxide rings is 2. The average molecular weight is 564 g/mol. The second kappa shape index (κ2) is 11.9. The summed E-state index contributed by atoms with van der Waals surface area (Å²) in [5, 5.41) is 5.46. The molecule has 0 amide bonds. The average Bonchev–Trinajstić information content (AvgIpc) is 3.97. The quantitative estimate of drug-likeness (QED) is 0.223. The zero-order valence-electron chi connectivity index (χ0n) is 22.7. The van der Waals surface area contributed by atoms with Gasteiger partial charge in [-0.2, -0.15) is 0 Å². The fraction of sp³-hybridized carbons (Fsp3) is 0.182. The molecule has 0 aliphatic carbocycles. The summed E-state index contributed by atoms with van der Waals surface area (Å²) in [5.41, 5.74) is 7.33.